The standard InChI is InChI=1S/C17H26N2O3S/c1-5-19(13(3)12-23(21,22)6-2)17(20)15-8-7-14-9-10-18(4)16(14)11-15/h7-8,11,13H,5-6,9-10,12H2,1-4H3/t13-/m0/s1. The number of sulfone groups is 1. The number of hydrogen-bond donors (Lipinski definition) is 0. The normalized spacial score (nSPS) is 15.4. The number of anilines is 1. The van der Waals surface area contributed by atoms with Crippen LogP contribution in [0.15, 0.2) is 18.2 Å². The fourth-order valence-electron chi connectivity index (χ4n) is 3.07. The Labute approximate surface area is 139 Å². The maximum Gasteiger partial charge on any atom is 0.254 e. The van der Waals surface area contributed by atoms with Crippen LogP contribution in [0.2, 0.25) is 0 Å². The van der Waals surface area contributed by atoms with Crippen LogP contribution in [-0.2, 0) is 16.3 Å². The van der Waals surface area contributed by atoms with Gasteiger partial charge >= 0.3 is 0 Å². The second-order valence-corrected chi connectivity index (χ2v) is 8.55. The van der Waals surface area contributed by atoms with Crippen molar-refractivity contribution in [1.82, 2.24) is 4.90 Å². The number of nitrogens with zero attached hydrogens (tertiary/aromatic N) is 2. The summed E-state index contributed by atoms with van der Waals surface area (Å²) in [5.74, 6) is 0.00935. The van der Waals surface area contributed by atoms with Crippen LogP contribution >= 0.6 is 0 Å². The Hall–Kier alpha value is -1.56. The van der Waals surface area contributed by atoms with Crippen LogP contribution in [-0.4, -0.2) is 56.9 Å². The quantitative estimate of drug-likeness (QED) is 0.796. The fraction of sp³-hybridized carbons (Fsp3) is 0.588. The van der Waals surface area contributed by atoms with E-state index < -0.39 is 9.84 Å². The molecule has 6 heteroatoms. The van der Waals surface area contributed by atoms with Crippen LogP contribution in [0.3, 0.4) is 0 Å². The number of benzene rings is 1. The summed E-state index contributed by atoms with van der Waals surface area (Å²) >= 11 is 0. The SMILES string of the molecule is CCN(C(=O)c1ccc2c(c1)N(C)CC2)[C@@H](C)CS(=O)(=O)CC. The van der Waals surface area contributed by atoms with Gasteiger partial charge in [0.05, 0.1) is 5.75 Å². The summed E-state index contributed by atoms with van der Waals surface area (Å²) in [4.78, 5) is 16.6. The van der Waals surface area contributed by atoms with Crippen LogP contribution < -0.4 is 4.90 Å². The molecular weight excluding hydrogens is 312 g/mol. The molecule has 128 valence electrons. The zero-order valence-electron chi connectivity index (χ0n) is 14.4. The molecule has 0 bridgehead atoms. The molecule has 0 aromatic heterocycles. The highest BCUT2D eigenvalue weighted by atomic mass is 32.2. The van der Waals surface area contributed by atoms with E-state index in [9.17, 15) is 13.2 Å². The summed E-state index contributed by atoms with van der Waals surface area (Å²) in [5.41, 5.74) is 2.98. The first kappa shape index (κ1) is 17.8. The lowest BCUT2D eigenvalue weighted by Gasteiger charge is -2.28. The lowest BCUT2D eigenvalue weighted by Crippen LogP contribution is -2.42. The van der Waals surface area contributed by atoms with Crippen molar-refractivity contribution < 1.29 is 13.2 Å². The lowest BCUT2D eigenvalue weighted by atomic mass is 10.1. The predicted molar refractivity (Wildman–Crippen MR) is 93.9 cm³/mol. The number of fused-ring (bicyclic) bond motifs is 1. The molecule has 0 spiro atoms. The van der Waals surface area contributed by atoms with Crippen LogP contribution in [0, 0.1) is 0 Å². The Bertz CT molecular complexity index is 685. The van der Waals surface area contributed by atoms with Gasteiger partial charge < -0.3 is 9.80 Å². The maximum atomic E-state index is 12.8. The van der Waals surface area contributed by atoms with Gasteiger partial charge in [-0.05, 0) is 38.0 Å². The van der Waals surface area contributed by atoms with Gasteiger partial charge in [0.2, 0.25) is 0 Å². The topological polar surface area (TPSA) is 57.7 Å². The van der Waals surface area contributed by atoms with Gasteiger partial charge in [-0.25, -0.2) is 8.42 Å². The summed E-state index contributed by atoms with van der Waals surface area (Å²) in [6.07, 6.45) is 1.00. The van der Waals surface area contributed by atoms with Crippen molar-refractivity contribution in [2.45, 2.75) is 33.2 Å². The molecule has 23 heavy (non-hydrogen) atoms. The average molecular weight is 338 g/mol. The number of amides is 1. The Kier molecular flexibility index (Phi) is 5.34. The molecule has 0 aliphatic carbocycles. The summed E-state index contributed by atoms with van der Waals surface area (Å²) in [7, 11) is -1.09. The fourth-order valence-corrected chi connectivity index (χ4v) is 4.22. The molecule has 1 atom stereocenters. The van der Waals surface area contributed by atoms with Crippen molar-refractivity contribution >= 4 is 21.4 Å². The summed E-state index contributed by atoms with van der Waals surface area (Å²) < 4.78 is 23.7. The molecule has 0 saturated carbocycles. The van der Waals surface area contributed by atoms with E-state index in [1.54, 1.807) is 18.7 Å². The number of likely N-dealkylation sites (N-methyl/N-ethyl adjacent to an activating group) is 1. The van der Waals surface area contributed by atoms with Gasteiger partial charge in [0.25, 0.3) is 5.91 Å². The minimum Gasteiger partial charge on any atom is -0.374 e. The second kappa shape index (κ2) is 6.91. The second-order valence-electron chi connectivity index (χ2n) is 6.15. The molecular formula is C17H26N2O3S. The average Bonchev–Trinajstić information content (AvgIpc) is 2.88. The van der Waals surface area contributed by atoms with Crippen LogP contribution in [0.1, 0.15) is 36.7 Å². The van der Waals surface area contributed by atoms with Crippen molar-refractivity contribution in [3.05, 3.63) is 29.3 Å². The Morgan fingerprint density at radius 1 is 1.35 bits per heavy atom. The summed E-state index contributed by atoms with van der Waals surface area (Å²) in [5, 5.41) is 0. The first-order valence-electron chi connectivity index (χ1n) is 8.14. The highest BCUT2D eigenvalue weighted by molar-refractivity contribution is 7.91. The van der Waals surface area contributed by atoms with Gasteiger partial charge in [-0.2, -0.15) is 0 Å². The lowest BCUT2D eigenvalue weighted by molar-refractivity contribution is 0.0719. The molecule has 1 amide bonds. The van der Waals surface area contributed by atoms with Crippen molar-refractivity contribution in [2.24, 2.45) is 0 Å². The van der Waals surface area contributed by atoms with Gasteiger partial charge in [0.1, 0.15) is 0 Å². The Morgan fingerprint density at radius 3 is 2.65 bits per heavy atom. The summed E-state index contributed by atoms with van der Waals surface area (Å²) in [6, 6.07) is 5.45. The van der Waals surface area contributed by atoms with Gasteiger partial charge in [-0.15, -0.1) is 0 Å². The minimum atomic E-state index is -3.11. The summed E-state index contributed by atoms with van der Waals surface area (Å²) in [6.45, 7) is 6.78. The molecule has 0 radical (unpaired) electrons. The molecule has 1 heterocycles. The molecule has 1 aliphatic rings. The monoisotopic (exact) mass is 338 g/mol. The van der Waals surface area contributed by atoms with E-state index in [0.717, 1.165) is 18.7 Å². The van der Waals surface area contributed by atoms with Gasteiger partial charge in [0, 0.05) is 43.2 Å². The molecule has 5 nitrogen and oxygen atoms in total. The first-order chi connectivity index (χ1) is 10.8. The molecule has 0 unspecified atom stereocenters. The Morgan fingerprint density at radius 2 is 2.04 bits per heavy atom. The van der Waals surface area contributed by atoms with E-state index in [2.05, 4.69) is 4.90 Å². The number of carbonyl (C=O) groups is 1. The van der Waals surface area contributed by atoms with E-state index >= 15 is 0 Å². The smallest absolute Gasteiger partial charge is 0.254 e. The molecule has 0 fully saturated rings. The van der Waals surface area contributed by atoms with Crippen molar-refractivity contribution in [3.63, 3.8) is 0 Å². The third-order valence-electron chi connectivity index (χ3n) is 4.53. The number of carbonyl (C=O) groups excluding carboxylic acids is 1. The van der Waals surface area contributed by atoms with E-state index in [4.69, 9.17) is 0 Å². The first-order valence-corrected chi connectivity index (χ1v) is 9.96. The third-order valence-corrected chi connectivity index (χ3v) is 6.40. The molecule has 0 saturated heterocycles. The van der Waals surface area contributed by atoms with Gasteiger partial charge in [-0.3, -0.25) is 4.79 Å². The van der Waals surface area contributed by atoms with Crippen molar-refractivity contribution in [3.8, 4) is 0 Å². The van der Waals surface area contributed by atoms with Crippen LogP contribution in [0.5, 0.6) is 0 Å². The van der Waals surface area contributed by atoms with Crippen LogP contribution in [0.4, 0.5) is 5.69 Å². The van der Waals surface area contributed by atoms with Crippen molar-refractivity contribution in [1.29, 1.82) is 0 Å². The van der Waals surface area contributed by atoms with E-state index in [0.29, 0.717) is 12.1 Å². The largest absolute Gasteiger partial charge is 0.374 e. The Balaban J connectivity index is 2.22. The predicted octanol–water partition coefficient (Wildman–Crippen LogP) is 1.96. The zero-order valence-corrected chi connectivity index (χ0v) is 15.2. The third kappa shape index (κ3) is 3.86. The maximum absolute atomic E-state index is 12.8. The van der Waals surface area contributed by atoms with Gasteiger partial charge in [0.15, 0.2) is 9.84 Å². The van der Waals surface area contributed by atoms with E-state index in [-0.39, 0.29) is 23.5 Å². The molecule has 1 aromatic rings. The van der Waals surface area contributed by atoms with E-state index in [1.165, 1.54) is 5.56 Å². The highest BCUT2D eigenvalue weighted by Gasteiger charge is 2.25. The molecule has 1 aliphatic heterocycles. The molecule has 0 N–H and O–H groups in total. The van der Waals surface area contributed by atoms with Crippen molar-refractivity contribution in [2.75, 3.05) is 36.5 Å². The van der Waals surface area contributed by atoms with Crippen LogP contribution in [0.25, 0.3) is 0 Å². The highest BCUT2D eigenvalue weighted by Crippen LogP contribution is 2.28. The number of hydrogen-bond acceptors (Lipinski definition) is 4. The van der Waals surface area contributed by atoms with E-state index in [1.807, 2.05) is 32.2 Å². The van der Waals surface area contributed by atoms with Gasteiger partial charge in [-0.1, -0.05) is 13.0 Å². The molecule has 1 aromatic carbocycles. The zero-order chi connectivity index (χ0) is 17.2. The number of rotatable bonds is 6. The molecule has 2 rings (SSSR count). The minimum absolute atomic E-state index is 0.00786.